The van der Waals surface area contributed by atoms with Crippen LogP contribution in [0, 0.1) is 0 Å². The summed E-state index contributed by atoms with van der Waals surface area (Å²) in [5.41, 5.74) is 1.92. The van der Waals surface area contributed by atoms with Crippen LogP contribution >= 0.6 is 0 Å². The Kier molecular flexibility index (Phi) is 9.81. The van der Waals surface area contributed by atoms with E-state index in [2.05, 4.69) is 5.32 Å². The minimum absolute atomic E-state index is 0.0295. The summed E-state index contributed by atoms with van der Waals surface area (Å²) >= 11 is 0. The van der Waals surface area contributed by atoms with Crippen molar-refractivity contribution in [3.63, 3.8) is 0 Å². The van der Waals surface area contributed by atoms with Crippen LogP contribution in [-0.4, -0.2) is 57.5 Å². The quantitative estimate of drug-likeness (QED) is 0.254. The highest BCUT2D eigenvalue weighted by atomic mass is 32.2. The number of nitrogens with zero attached hydrogens (tertiary/aromatic N) is 2. The lowest BCUT2D eigenvalue weighted by Gasteiger charge is -2.34. The number of sulfonamides is 1. The summed E-state index contributed by atoms with van der Waals surface area (Å²) < 4.78 is 40.7. The van der Waals surface area contributed by atoms with E-state index in [1.807, 2.05) is 67.6 Å². The number of carbonyl (C=O) groups is 2. The fraction of sp³-hybridized carbons (Fsp3) is 0.235. The second kappa shape index (κ2) is 14.1. The molecule has 0 aromatic heterocycles. The van der Waals surface area contributed by atoms with Crippen molar-refractivity contribution < 1.29 is 27.5 Å². The molecule has 0 radical (unpaired) electrons. The summed E-state index contributed by atoms with van der Waals surface area (Å²) in [5.74, 6) is 0.0287. The van der Waals surface area contributed by atoms with E-state index in [0.717, 1.165) is 15.4 Å². The average molecular weight is 614 g/mol. The van der Waals surface area contributed by atoms with E-state index in [9.17, 15) is 18.0 Å². The van der Waals surface area contributed by atoms with Crippen molar-refractivity contribution >= 4 is 27.5 Å². The van der Waals surface area contributed by atoms with Gasteiger partial charge in [0, 0.05) is 25.6 Å². The number of benzene rings is 4. The van der Waals surface area contributed by atoms with Crippen molar-refractivity contribution in [3.05, 3.63) is 120 Å². The summed E-state index contributed by atoms with van der Waals surface area (Å²) in [6, 6.07) is 30.6. The van der Waals surface area contributed by atoms with Crippen LogP contribution in [0.2, 0.25) is 0 Å². The molecule has 2 amide bonds. The van der Waals surface area contributed by atoms with Crippen molar-refractivity contribution in [2.75, 3.05) is 30.6 Å². The van der Waals surface area contributed by atoms with Gasteiger partial charge in [0.2, 0.25) is 11.8 Å². The van der Waals surface area contributed by atoms with Crippen LogP contribution in [0.4, 0.5) is 5.69 Å². The molecule has 1 heterocycles. The van der Waals surface area contributed by atoms with Gasteiger partial charge in [-0.2, -0.15) is 0 Å². The first-order valence-electron chi connectivity index (χ1n) is 14.5. The molecule has 0 saturated heterocycles. The Labute approximate surface area is 258 Å². The van der Waals surface area contributed by atoms with Gasteiger partial charge in [0.25, 0.3) is 10.0 Å². The molecule has 0 fully saturated rings. The second-order valence-electron chi connectivity index (χ2n) is 10.3. The lowest BCUT2D eigenvalue weighted by atomic mass is 10.0. The molecule has 1 aliphatic rings. The van der Waals surface area contributed by atoms with Gasteiger partial charge in [0.1, 0.15) is 25.8 Å². The van der Waals surface area contributed by atoms with E-state index in [0.29, 0.717) is 31.3 Å². The Bertz CT molecular complexity index is 1670. The van der Waals surface area contributed by atoms with E-state index in [-0.39, 0.29) is 29.5 Å². The normalized spacial score (nSPS) is 13.0. The number of amides is 2. The maximum Gasteiger partial charge on any atom is 0.264 e. The molecular weight excluding hydrogens is 578 g/mol. The van der Waals surface area contributed by atoms with Crippen LogP contribution in [0.5, 0.6) is 11.5 Å². The molecule has 0 aliphatic carbocycles. The Morgan fingerprint density at radius 3 is 2.02 bits per heavy atom. The van der Waals surface area contributed by atoms with Gasteiger partial charge in [-0.3, -0.25) is 13.9 Å². The van der Waals surface area contributed by atoms with Crippen molar-refractivity contribution in [2.24, 2.45) is 0 Å². The van der Waals surface area contributed by atoms with Gasteiger partial charge in [-0.25, -0.2) is 8.42 Å². The molecule has 1 N–H and O–H groups in total. The molecule has 1 aliphatic heterocycles. The first-order chi connectivity index (χ1) is 21.4. The number of hydrogen-bond acceptors (Lipinski definition) is 6. The number of hydrogen-bond donors (Lipinski definition) is 1. The smallest absolute Gasteiger partial charge is 0.264 e. The van der Waals surface area contributed by atoms with E-state index >= 15 is 0 Å². The predicted molar refractivity (Wildman–Crippen MR) is 168 cm³/mol. The second-order valence-corrected chi connectivity index (χ2v) is 12.1. The molecule has 0 spiro atoms. The number of nitrogens with one attached hydrogen (secondary N) is 1. The van der Waals surface area contributed by atoms with Crippen LogP contribution in [0.25, 0.3) is 0 Å². The Morgan fingerprint density at radius 2 is 1.39 bits per heavy atom. The van der Waals surface area contributed by atoms with Gasteiger partial charge in [0.15, 0.2) is 11.5 Å². The number of ether oxygens (including phenoxy) is 2. The van der Waals surface area contributed by atoms with Crippen molar-refractivity contribution in [3.8, 4) is 11.5 Å². The zero-order valence-corrected chi connectivity index (χ0v) is 25.3. The molecule has 1 atom stereocenters. The zero-order valence-electron chi connectivity index (χ0n) is 24.5. The number of likely N-dealkylation sites (N-methyl/N-ethyl adjacent to an activating group) is 1. The zero-order chi connectivity index (χ0) is 30.9. The molecule has 10 heteroatoms. The van der Waals surface area contributed by atoms with Crippen molar-refractivity contribution in [1.82, 2.24) is 10.2 Å². The lowest BCUT2D eigenvalue weighted by Crippen LogP contribution is -2.53. The fourth-order valence-electron chi connectivity index (χ4n) is 5.06. The number of carbonyl (C=O) groups excluding carboxylic acids is 2. The molecule has 4 aromatic carbocycles. The summed E-state index contributed by atoms with van der Waals surface area (Å²) in [6.45, 7) is 2.45. The number of fused-ring (bicyclic) bond motifs is 1. The average Bonchev–Trinajstić information content (AvgIpc) is 3.06. The Balaban J connectivity index is 1.57. The van der Waals surface area contributed by atoms with E-state index in [4.69, 9.17) is 9.47 Å². The SMILES string of the molecule is CCNC(=O)[C@@H](Cc1ccccc1)N(Cc1ccccc1)C(=O)CN(c1ccc2c(c1)OCCO2)S(=O)(=O)c1ccccc1. The third kappa shape index (κ3) is 7.20. The van der Waals surface area contributed by atoms with Gasteiger partial charge in [0.05, 0.1) is 10.6 Å². The highest BCUT2D eigenvalue weighted by molar-refractivity contribution is 7.92. The molecule has 0 saturated carbocycles. The first-order valence-corrected chi connectivity index (χ1v) is 15.9. The van der Waals surface area contributed by atoms with Crippen LogP contribution < -0.4 is 19.1 Å². The van der Waals surface area contributed by atoms with Crippen molar-refractivity contribution in [1.29, 1.82) is 0 Å². The van der Waals surface area contributed by atoms with Gasteiger partial charge in [-0.1, -0.05) is 78.9 Å². The van der Waals surface area contributed by atoms with E-state index < -0.39 is 28.5 Å². The predicted octanol–water partition coefficient (Wildman–Crippen LogP) is 4.43. The highest BCUT2D eigenvalue weighted by Gasteiger charge is 2.35. The number of rotatable bonds is 12. The minimum Gasteiger partial charge on any atom is -0.486 e. The fourth-order valence-corrected chi connectivity index (χ4v) is 6.49. The third-order valence-electron chi connectivity index (χ3n) is 7.24. The van der Waals surface area contributed by atoms with Gasteiger partial charge in [-0.15, -0.1) is 0 Å². The Hall–Kier alpha value is -4.83. The van der Waals surface area contributed by atoms with E-state index in [1.54, 1.807) is 36.4 Å². The number of anilines is 1. The largest absolute Gasteiger partial charge is 0.486 e. The standard InChI is InChI=1S/C34H35N3O6S/c1-2-35-34(39)30(22-26-12-6-3-7-13-26)36(24-27-14-8-4-9-15-27)33(38)25-37(44(40,41)29-16-10-5-11-17-29)28-18-19-31-32(23-28)43-21-20-42-31/h3-19,23,30H,2,20-22,24-25H2,1H3,(H,35,39)/t30-/m1/s1. The van der Waals surface area contributed by atoms with Crippen LogP contribution in [0.3, 0.4) is 0 Å². The van der Waals surface area contributed by atoms with Gasteiger partial charge < -0.3 is 19.7 Å². The maximum absolute atomic E-state index is 14.4. The lowest BCUT2D eigenvalue weighted by molar-refractivity contribution is -0.140. The van der Waals surface area contributed by atoms with Crippen LogP contribution in [-0.2, 0) is 32.6 Å². The Morgan fingerprint density at radius 1 is 0.795 bits per heavy atom. The summed E-state index contributed by atoms with van der Waals surface area (Å²) in [5, 5.41) is 2.87. The first kappa shape index (κ1) is 30.6. The van der Waals surface area contributed by atoms with Gasteiger partial charge in [-0.05, 0) is 42.3 Å². The third-order valence-corrected chi connectivity index (χ3v) is 9.03. The van der Waals surface area contributed by atoms with Crippen molar-refractivity contribution in [2.45, 2.75) is 30.8 Å². The van der Waals surface area contributed by atoms with Gasteiger partial charge >= 0.3 is 0 Å². The van der Waals surface area contributed by atoms with Crippen LogP contribution in [0.1, 0.15) is 18.1 Å². The molecule has 228 valence electrons. The summed E-state index contributed by atoms with van der Waals surface area (Å²) in [7, 11) is -4.21. The molecule has 5 rings (SSSR count). The molecule has 4 aromatic rings. The molecule has 9 nitrogen and oxygen atoms in total. The monoisotopic (exact) mass is 613 g/mol. The molecular formula is C34H35N3O6S. The van der Waals surface area contributed by atoms with E-state index in [1.165, 1.54) is 17.0 Å². The summed E-state index contributed by atoms with van der Waals surface area (Å²) in [6.07, 6.45) is 0.251. The minimum atomic E-state index is -4.21. The molecule has 44 heavy (non-hydrogen) atoms. The van der Waals surface area contributed by atoms with Crippen LogP contribution in [0.15, 0.2) is 114 Å². The molecule has 0 bridgehead atoms. The summed E-state index contributed by atoms with van der Waals surface area (Å²) in [4.78, 5) is 29.5. The highest BCUT2D eigenvalue weighted by Crippen LogP contribution is 2.36. The maximum atomic E-state index is 14.4. The topological polar surface area (TPSA) is 105 Å². The molecule has 0 unspecified atom stereocenters.